The van der Waals surface area contributed by atoms with Crippen LogP contribution < -0.4 is 0 Å². The van der Waals surface area contributed by atoms with Crippen LogP contribution in [0.2, 0.25) is 0 Å². The SMILES string of the molecule is O=C(c1ccc(F)cc1)c1ccc(SC(F)(F)F)cc1. The van der Waals surface area contributed by atoms with E-state index in [-0.39, 0.29) is 33.6 Å². The Labute approximate surface area is 116 Å². The van der Waals surface area contributed by atoms with E-state index in [1.165, 1.54) is 36.4 Å². The van der Waals surface area contributed by atoms with Crippen LogP contribution in [0, 0.1) is 5.82 Å². The first-order valence-electron chi connectivity index (χ1n) is 5.51. The molecular weight excluding hydrogens is 292 g/mol. The molecule has 0 atom stereocenters. The first-order chi connectivity index (χ1) is 9.35. The molecule has 0 aliphatic heterocycles. The lowest BCUT2D eigenvalue weighted by atomic mass is 10.0. The average molecular weight is 300 g/mol. The summed E-state index contributed by atoms with van der Waals surface area (Å²) in [7, 11) is 0. The Morgan fingerprint density at radius 3 is 1.75 bits per heavy atom. The molecule has 0 unspecified atom stereocenters. The largest absolute Gasteiger partial charge is 0.446 e. The normalized spacial score (nSPS) is 11.4. The van der Waals surface area contributed by atoms with Gasteiger partial charge in [-0.1, -0.05) is 0 Å². The third-order valence-electron chi connectivity index (χ3n) is 2.46. The molecule has 2 rings (SSSR count). The van der Waals surface area contributed by atoms with Crippen molar-refractivity contribution >= 4 is 17.5 Å². The smallest absolute Gasteiger partial charge is 0.289 e. The molecule has 0 aromatic heterocycles. The Balaban J connectivity index is 2.17. The molecule has 0 spiro atoms. The summed E-state index contributed by atoms with van der Waals surface area (Å²) in [5.41, 5.74) is -3.83. The summed E-state index contributed by atoms with van der Waals surface area (Å²) in [6, 6.07) is 10.1. The van der Waals surface area contributed by atoms with Crippen LogP contribution in [0.1, 0.15) is 15.9 Å². The average Bonchev–Trinajstić information content (AvgIpc) is 2.38. The van der Waals surface area contributed by atoms with E-state index in [0.29, 0.717) is 0 Å². The minimum Gasteiger partial charge on any atom is -0.289 e. The highest BCUT2D eigenvalue weighted by atomic mass is 32.2. The highest BCUT2D eigenvalue weighted by Gasteiger charge is 2.29. The number of alkyl halides is 3. The second-order valence-electron chi connectivity index (χ2n) is 3.91. The number of carbonyl (C=O) groups is 1. The van der Waals surface area contributed by atoms with Crippen molar-refractivity contribution in [3.8, 4) is 0 Å². The Morgan fingerprint density at radius 2 is 1.30 bits per heavy atom. The maximum absolute atomic E-state index is 12.7. The monoisotopic (exact) mass is 300 g/mol. The van der Waals surface area contributed by atoms with Crippen LogP contribution in [-0.4, -0.2) is 11.3 Å². The molecule has 0 aliphatic carbocycles. The van der Waals surface area contributed by atoms with Gasteiger partial charge in [0.05, 0.1) is 0 Å². The van der Waals surface area contributed by atoms with E-state index in [1.54, 1.807) is 0 Å². The third kappa shape index (κ3) is 3.84. The van der Waals surface area contributed by atoms with Crippen molar-refractivity contribution in [3.05, 3.63) is 65.5 Å². The van der Waals surface area contributed by atoms with Gasteiger partial charge in [0.25, 0.3) is 0 Å². The quantitative estimate of drug-likeness (QED) is 0.465. The molecule has 6 heteroatoms. The van der Waals surface area contributed by atoms with E-state index in [9.17, 15) is 22.4 Å². The van der Waals surface area contributed by atoms with Gasteiger partial charge in [0.1, 0.15) is 5.82 Å². The molecule has 0 aliphatic rings. The van der Waals surface area contributed by atoms with Crippen molar-refractivity contribution in [1.29, 1.82) is 0 Å². The summed E-state index contributed by atoms with van der Waals surface area (Å²) in [4.78, 5) is 12.0. The van der Waals surface area contributed by atoms with Gasteiger partial charge >= 0.3 is 5.51 Å². The zero-order chi connectivity index (χ0) is 14.8. The van der Waals surface area contributed by atoms with Crippen LogP contribution in [0.4, 0.5) is 17.6 Å². The van der Waals surface area contributed by atoms with Gasteiger partial charge in [-0.05, 0) is 60.3 Å². The summed E-state index contributed by atoms with van der Waals surface area (Å²) in [6.45, 7) is 0. The van der Waals surface area contributed by atoms with Gasteiger partial charge in [-0.2, -0.15) is 13.2 Å². The molecule has 0 saturated heterocycles. The van der Waals surface area contributed by atoms with Crippen LogP contribution in [0.5, 0.6) is 0 Å². The predicted octanol–water partition coefficient (Wildman–Crippen LogP) is 4.67. The molecule has 0 N–H and O–H groups in total. The molecular formula is C14H8F4OS. The highest BCUT2D eigenvalue weighted by molar-refractivity contribution is 8.00. The van der Waals surface area contributed by atoms with Crippen molar-refractivity contribution in [2.75, 3.05) is 0 Å². The second-order valence-corrected chi connectivity index (χ2v) is 5.05. The summed E-state index contributed by atoms with van der Waals surface area (Å²) < 4.78 is 49.2. The lowest BCUT2D eigenvalue weighted by Gasteiger charge is -2.06. The van der Waals surface area contributed by atoms with Gasteiger partial charge in [0.15, 0.2) is 5.78 Å². The number of ketones is 1. The Kier molecular flexibility index (Phi) is 4.13. The zero-order valence-electron chi connectivity index (χ0n) is 9.95. The fourth-order valence-electron chi connectivity index (χ4n) is 1.58. The number of hydrogen-bond donors (Lipinski definition) is 0. The van der Waals surface area contributed by atoms with E-state index in [0.717, 1.165) is 12.1 Å². The van der Waals surface area contributed by atoms with Crippen LogP contribution in [0.15, 0.2) is 53.4 Å². The minimum atomic E-state index is -4.36. The second kappa shape index (κ2) is 5.66. The molecule has 0 fully saturated rings. The lowest BCUT2D eigenvalue weighted by molar-refractivity contribution is -0.0328. The summed E-state index contributed by atoms with van der Waals surface area (Å²) in [5.74, 6) is -0.827. The Bertz CT molecular complexity index is 603. The molecule has 0 saturated carbocycles. The summed E-state index contributed by atoms with van der Waals surface area (Å²) in [5, 5.41) is 0. The molecule has 0 bridgehead atoms. The van der Waals surface area contributed by atoms with Gasteiger partial charge in [-0.3, -0.25) is 4.79 Å². The van der Waals surface area contributed by atoms with E-state index in [1.807, 2.05) is 0 Å². The number of thioether (sulfide) groups is 1. The molecule has 104 valence electrons. The van der Waals surface area contributed by atoms with Crippen LogP contribution >= 0.6 is 11.8 Å². The first-order valence-corrected chi connectivity index (χ1v) is 6.33. The maximum atomic E-state index is 12.7. The molecule has 0 amide bonds. The number of carbonyl (C=O) groups excluding carboxylic acids is 1. The molecule has 0 heterocycles. The van der Waals surface area contributed by atoms with E-state index in [4.69, 9.17) is 0 Å². The third-order valence-corrected chi connectivity index (χ3v) is 3.20. The Hall–Kier alpha value is -1.82. The zero-order valence-corrected chi connectivity index (χ0v) is 10.8. The molecule has 0 radical (unpaired) electrons. The van der Waals surface area contributed by atoms with Gasteiger partial charge in [-0.25, -0.2) is 4.39 Å². The number of benzene rings is 2. The lowest BCUT2D eigenvalue weighted by Crippen LogP contribution is -2.02. The fourth-order valence-corrected chi connectivity index (χ4v) is 2.12. The van der Waals surface area contributed by atoms with Crippen LogP contribution in [-0.2, 0) is 0 Å². The van der Waals surface area contributed by atoms with Crippen LogP contribution in [0.3, 0.4) is 0 Å². The summed E-state index contributed by atoms with van der Waals surface area (Å²) >= 11 is -0.242. The van der Waals surface area contributed by atoms with E-state index < -0.39 is 11.3 Å². The maximum Gasteiger partial charge on any atom is 0.446 e. The molecule has 2 aromatic carbocycles. The number of halogens is 4. The predicted molar refractivity (Wildman–Crippen MR) is 68.2 cm³/mol. The number of hydrogen-bond acceptors (Lipinski definition) is 2. The number of rotatable bonds is 3. The topological polar surface area (TPSA) is 17.1 Å². The van der Waals surface area contributed by atoms with Gasteiger partial charge in [0, 0.05) is 16.0 Å². The highest BCUT2D eigenvalue weighted by Crippen LogP contribution is 2.36. The van der Waals surface area contributed by atoms with Crippen molar-refractivity contribution < 1.29 is 22.4 Å². The first kappa shape index (κ1) is 14.6. The van der Waals surface area contributed by atoms with Crippen molar-refractivity contribution in [2.45, 2.75) is 10.4 Å². The molecule has 2 aromatic rings. The van der Waals surface area contributed by atoms with Gasteiger partial charge < -0.3 is 0 Å². The van der Waals surface area contributed by atoms with Crippen LogP contribution in [0.25, 0.3) is 0 Å². The van der Waals surface area contributed by atoms with Crippen molar-refractivity contribution in [3.63, 3.8) is 0 Å². The van der Waals surface area contributed by atoms with Gasteiger partial charge in [0.2, 0.25) is 0 Å². The molecule has 1 nitrogen and oxygen atoms in total. The van der Waals surface area contributed by atoms with E-state index in [2.05, 4.69) is 0 Å². The fraction of sp³-hybridized carbons (Fsp3) is 0.0714. The summed E-state index contributed by atoms with van der Waals surface area (Å²) in [6.07, 6.45) is 0. The standard InChI is InChI=1S/C14H8F4OS/c15-11-5-1-9(2-6-11)13(19)10-3-7-12(8-4-10)20-14(16,17)18/h1-8H. The van der Waals surface area contributed by atoms with Crippen molar-refractivity contribution in [2.24, 2.45) is 0 Å². The Morgan fingerprint density at radius 1 is 0.850 bits per heavy atom. The van der Waals surface area contributed by atoms with E-state index >= 15 is 0 Å². The minimum absolute atomic E-state index is 0.00755. The van der Waals surface area contributed by atoms with Crippen molar-refractivity contribution in [1.82, 2.24) is 0 Å². The molecule has 20 heavy (non-hydrogen) atoms. The van der Waals surface area contributed by atoms with Gasteiger partial charge in [-0.15, -0.1) is 0 Å².